The largest absolute Gasteiger partial charge is 0.369 e. The van der Waals surface area contributed by atoms with Crippen molar-refractivity contribution >= 4 is 23.6 Å². The molecule has 0 radical (unpaired) electrons. The summed E-state index contributed by atoms with van der Waals surface area (Å²) >= 11 is 1.63. The molecule has 1 aliphatic heterocycles. The summed E-state index contributed by atoms with van der Waals surface area (Å²) < 4.78 is 0. The molecule has 4 nitrogen and oxygen atoms in total. The molecule has 2 N–H and O–H groups in total. The summed E-state index contributed by atoms with van der Waals surface area (Å²) in [5.41, 5.74) is 6.52. The molecule has 0 bridgehead atoms. The molecule has 0 aliphatic carbocycles. The smallest absolute Gasteiger partial charge is 0.232 e. The number of nitrogens with two attached hydrogens (primary N) is 1. The molecular weight excluding hydrogens is 272 g/mol. The summed E-state index contributed by atoms with van der Waals surface area (Å²) in [6.45, 7) is 1.30. The quantitative estimate of drug-likeness (QED) is 0.897. The second kappa shape index (κ2) is 7.33. The van der Waals surface area contributed by atoms with Crippen molar-refractivity contribution in [2.24, 2.45) is 11.7 Å². The van der Waals surface area contributed by atoms with E-state index in [1.165, 1.54) is 5.56 Å². The minimum atomic E-state index is -0.240. The van der Waals surface area contributed by atoms with Crippen molar-refractivity contribution in [2.45, 2.75) is 18.6 Å². The van der Waals surface area contributed by atoms with E-state index in [2.05, 4.69) is 12.1 Å². The van der Waals surface area contributed by atoms with Gasteiger partial charge in [0.1, 0.15) is 0 Å². The second-order valence-electron chi connectivity index (χ2n) is 5.04. The van der Waals surface area contributed by atoms with Crippen LogP contribution in [0.25, 0.3) is 0 Å². The highest BCUT2D eigenvalue weighted by molar-refractivity contribution is 7.99. The number of likely N-dealkylation sites (tertiary alicyclic amines) is 1. The normalized spacial score (nSPS) is 16.1. The lowest BCUT2D eigenvalue weighted by Crippen LogP contribution is -2.42. The topological polar surface area (TPSA) is 63.4 Å². The Kier molecular flexibility index (Phi) is 5.47. The molecule has 0 aromatic heterocycles. The molecule has 2 amide bonds. The number of hydrogen-bond donors (Lipinski definition) is 1. The van der Waals surface area contributed by atoms with Crippen LogP contribution in [0.4, 0.5) is 0 Å². The molecule has 0 saturated carbocycles. The van der Waals surface area contributed by atoms with Gasteiger partial charge in [-0.3, -0.25) is 9.59 Å². The summed E-state index contributed by atoms with van der Waals surface area (Å²) in [6, 6.07) is 10.1. The number of thioether (sulfide) groups is 1. The van der Waals surface area contributed by atoms with Crippen LogP contribution >= 0.6 is 11.8 Å². The zero-order valence-electron chi connectivity index (χ0n) is 11.5. The van der Waals surface area contributed by atoms with Gasteiger partial charge in [-0.1, -0.05) is 30.3 Å². The first-order chi connectivity index (χ1) is 9.66. The highest BCUT2D eigenvalue weighted by Gasteiger charge is 2.25. The van der Waals surface area contributed by atoms with Crippen LogP contribution in [-0.2, 0) is 15.3 Å². The SMILES string of the molecule is NC(=O)C1CCN(C(=O)CSCc2ccccc2)CC1. The Morgan fingerprint density at radius 3 is 2.45 bits per heavy atom. The fourth-order valence-corrected chi connectivity index (χ4v) is 3.22. The number of piperidine rings is 1. The number of benzene rings is 1. The van der Waals surface area contributed by atoms with E-state index in [1.54, 1.807) is 11.8 Å². The molecule has 1 aromatic carbocycles. The van der Waals surface area contributed by atoms with Crippen LogP contribution < -0.4 is 5.73 Å². The van der Waals surface area contributed by atoms with Crippen molar-refractivity contribution in [3.05, 3.63) is 35.9 Å². The summed E-state index contributed by atoms with van der Waals surface area (Å²) in [4.78, 5) is 25.0. The first kappa shape index (κ1) is 14.9. The number of nitrogens with zero attached hydrogens (tertiary/aromatic N) is 1. The Balaban J connectivity index is 1.69. The van der Waals surface area contributed by atoms with Gasteiger partial charge in [-0.2, -0.15) is 0 Å². The molecule has 0 spiro atoms. The van der Waals surface area contributed by atoms with Crippen molar-refractivity contribution < 1.29 is 9.59 Å². The highest BCUT2D eigenvalue weighted by Crippen LogP contribution is 2.18. The first-order valence-electron chi connectivity index (χ1n) is 6.85. The molecule has 108 valence electrons. The van der Waals surface area contributed by atoms with Gasteiger partial charge in [-0.15, -0.1) is 11.8 Å². The van der Waals surface area contributed by atoms with E-state index in [-0.39, 0.29) is 17.7 Å². The van der Waals surface area contributed by atoms with E-state index in [9.17, 15) is 9.59 Å². The zero-order valence-corrected chi connectivity index (χ0v) is 12.3. The van der Waals surface area contributed by atoms with E-state index >= 15 is 0 Å². The van der Waals surface area contributed by atoms with Gasteiger partial charge in [0.05, 0.1) is 5.75 Å². The monoisotopic (exact) mass is 292 g/mol. The van der Waals surface area contributed by atoms with Crippen molar-refractivity contribution in [1.82, 2.24) is 4.90 Å². The zero-order chi connectivity index (χ0) is 14.4. The van der Waals surface area contributed by atoms with Gasteiger partial charge in [0.25, 0.3) is 0 Å². The minimum Gasteiger partial charge on any atom is -0.369 e. The third-order valence-corrected chi connectivity index (χ3v) is 4.58. The maximum atomic E-state index is 12.1. The van der Waals surface area contributed by atoms with Crippen LogP contribution in [0.15, 0.2) is 30.3 Å². The predicted molar refractivity (Wildman–Crippen MR) is 81.1 cm³/mol. The average molecular weight is 292 g/mol. The molecule has 5 heteroatoms. The van der Waals surface area contributed by atoms with Gasteiger partial charge < -0.3 is 10.6 Å². The maximum absolute atomic E-state index is 12.1. The van der Waals surface area contributed by atoms with Crippen LogP contribution in [-0.4, -0.2) is 35.6 Å². The van der Waals surface area contributed by atoms with E-state index in [0.717, 1.165) is 5.75 Å². The van der Waals surface area contributed by atoms with E-state index in [0.29, 0.717) is 31.7 Å². The number of rotatable bonds is 5. The fourth-order valence-electron chi connectivity index (χ4n) is 2.34. The second-order valence-corrected chi connectivity index (χ2v) is 6.02. The number of carbonyl (C=O) groups is 2. The van der Waals surface area contributed by atoms with Gasteiger partial charge in [-0.05, 0) is 18.4 Å². The van der Waals surface area contributed by atoms with Crippen LogP contribution in [0.1, 0.15) is 18.4 Å². The van der Waals surface area contributed by atoms with Crippen molar-refractivity contribution in [1.29, 1.82) is 0 Å². The molecule has 0 atom stereocenters. The molecule has 1 aromatic rings. The Labute approximate surface area is 123 Å². The molecule has 1 fully saturated rings. The van der Waals surface area contributed by atoms with Crippen molar-refractivity contribution in [3.8, 4) is 0 Å². The van der Waals surface area contributed by atoms with Gasteiger partial charge >= 0.3 is 0 Å². The summed E-state index contributed by atoms with van der Waals surface area (Å²) in [5.74, 6) is 1.21. The Bertz CT molecular complexity index is 456. The number of amides is 2. The molecule has 0 unspecified atom stereocenters. The minimum absolute atomic E-state index is 0.0592. The van der Waals surface area contributed by atoms with Crippen LogP contribution in [0.3, 0.4) is 0 Å². The Hall–Kier alpha value is -1.49. The van der Waals surface area contributed by atoms with Gasteiger partial charge in [0, 0.05) is 24.8 Å². The predicted octanol–water partition coefficient (Wildman–Crippen LogP) is 1.64. The molecule has 1 saturated heterocycles. The van der Waals surface area contributed by atoms with Gasteiger partial charge in [-0.25, -0.2) is 0 Å². The van der Waals surface area contributed by atoms with Crippen LogP contribution in [0.5, 0.6) is 0 Å². The molecule has 2 rings (SSSR count). The number of carbonyl (C=O) groups excluding carboxylic acids is 2. The number of hydrogen-bond acceptors (Lipinski definition) is 3. The Morgan fingerprint density at radius 1 is 1.20 bits per heavy atom. The Morgan fingerprint density at radius 2 is 1.85 bits per heavy atom. The maximum Gasteiger partial charge on any atom is 0.232 e. The first-order valence-corrected chi connectivity index (χ1v) is 8.01. The lowest BCUT2D eigenvalue weighted by atomic mass is 9.96. The van der Waals surface area contributed by atoms with Gasteiger partial charge in [0.15, 0.2) is 0 Å². The lowest BCUT2D eigenvalue weighted by Gasteiger charge is -2.30. The summed E-state index contributed by atoms with van der Waals surface area (Å²) in [5, 5.41) is 0. The summed E-state index contributed by atoms with van der Waals surface area (Å²) in [7, 11) is 0. The lowest BCUT2D eigenvalue weighted by molar-refractivity contribution is -0.132. The van der Waals surface area contributed by atoms with E-state index in [4.69, 9.17) is 5.73 Å². The third-order valence-electron chi connectivity index (χ3n) is 3.59. The molecule has 1 aliphatic rings. The van der Waals surface area contributed by atoms with Gasteiger partial charge in [0.2, 0.25) is 11.8 Å². The molecular formula is C15H20N2O2S. The van der Waals surface area contributed by atoms with Crippen molar-refractivity contribution in [3.63, 3.8) is 0 Å². The number of primary amides is 1. The molecule has 20 heavy (non-hydrogen) atoms. The standard InChI is InChI=1S/C15H20N2O2S/c16-15(19)13-6-8-17(9-7-13)14(18)11-20-10-12-4-2-1-3-5-12/h1-5,13H,6-11H2,(H2,16,19). The summed E-state index contributed by atoms with van der Waals surface area (Å²) in [6.07, 6.45) is 1.40. The van der Waals surface area contributed by atoms with E-state index in [1.807, 2.05) is 23.1 Å². The average Bonchev–Trinajstić information content (AvgIpc) is 2.48. The third kappa shape index (κ3) is 4.27. The van der Waals surface area contributed by atoms with Crippen LogP contribution in [0.2, 0.25) is 0 Å². The van der Waals surface area contributed by atoms with Crippen LogP contribution in [0, 0.1) is 5.92 Å². The highest BCUT2D eigenvalue weighted by atomic mass is 32.2. The van der Waals surface area contributed by atoms with Crippen molar-refractivity contribution in [2.75, 3.05) is 18.8 Å². The molecule has 1 heterocycles. The fraction of sp³-hybridized carbons (Fsp3) is 0.467. The van der Waals surface area contributed by atoms with E-state index < -0.39 is 0 Å².